The third-order valence-corrected chi connectivity index (χ3v) is 4.17. The molecule has 2 nitrogen and oxygen atoms in total. The predicted molar refractivity (Wildman–Crippen MR) is 101 cm³/mol. The molecule has 0 fully saturated rings. The predicted octanol–water partition coefficient (Wildman–Crippen LogP) is 4.01. The van der Waals surface area contributed by atoms with Gasteiger partial charge in [-0.05, 0) is 18.2 Å². The summed E-state index contributed by atoms with van der Waals surface area (Å²) in [6, 6.07) is 15.2. The highest BCUT2D eigenvalue weighted by atomic mass is 28.3. The van der Waals surface area contributed by atoms with Crippen molar-refractivity contribution in [2.45, 2.75) is 25.7 Å². The summed E-state index contributed by atoms with van der Waals surface area (Å²) in [7, 11) is 0.102. The zero-order chi connectivity index (χ0) is 17.6. The fourth-order valence-corrected chi connectivity index (χ4v) is 2.66. The van der Waals surface area contributed by atoms with E-state index >= 15 is 0 Å². The Hall–Kier alpha value is -2.46. The van der Waals surface area contributed by atoms with Crippen molar-refractivity contribution in [3.63, 3.8) is 0 Å². The summed E-state index contributed by atoms with van der Waals surface area (Å²) in [5.41, 5.74) is 5.55. The Bertz CT molecular complexity index is 826. The van der Waals surface area contributed by atoms with Gasteiger partial charge in [-0.1, -0.05) is 67.7 Å². The Labute approximate surface area is 145 Å². The van der Waals surface area contributed by atoms with Crippen LogP contribution in [0.3, 0.4) is 0 Å². The van der Waals surface area contributed by atoms with Gasteiger partial charge in [-0.3, -0.25) is 0 Å². The maximum atomic E-state index is 10.4. The third-order valence-electron chi connectivity index (χ3n) is 3.28. The van der Waals surface area contributed by atoms with Crippen LogP contribution >= 0.6 is 0 Å². The van der Waals surface area contributed by atoms with Gasteiger partial charge in [0.15, 0.2) is 0 Å². The average Bonchev–Trinajstić information content (AvgIpc) is 2.57. The lowest BCUT2D eigenvalue weighted by molar-refractivity contribution is 0.238. The van der Waals surface area contributed by atoms with E-state index in [1.165, 1.54) is 0 Å². The van der Waals surface area contributed by atoms with Gasteiger partial charge >= 0.3 is 0 Å². The van der Waals surface area contributed by atoms with Gasteiger partial charge < -0.3 is 9.84 Å². The standard InChI is InChI=1S/C21H22O2Si/c1-23-21-12-8-6-10-18(21)14-13-17-9-5-7-11-19(17)20(22)15-16-24(2,3)4/h5-12,20,22H,1-4H3. The maximum absolute atomic E-state index is 10.4. The van der Waals surface area contributed by atoms with Gasteiger partial charge in [0.05, 0.1) is 12.7 Å². The molecule has 24 heavy (non-hydrogen) atoms. The van der Waals surface area contributed by atoms with E-state index in [2.05, 4.69) is 42.9 Å². The van der Waals surface area contributed by atoms with Crippen LogP contribution in [-0.4, -0.2) is 20.3 Å². The molecular formula is C21H22O2Si. The molecular weight excluding hydrogens is 312 g/mol. The molecule has 0 spiro atoms. The zero-order valence-electron chi connectivity index (χ0n) is 14.6. The molecule has 3 heteroatoms. The van der Waals surface area contributed by atoms with Gasteiger partial charge in [0.2, 0.25) is 0 Å². The van der Waals surface area contributed by atoms with Crippen LogP contribution < -0.4 is 4.74 Å². The van der Waals surface area contributed by atoms with E-state index in [4.69, 9.17) is 4.74 Å². The van der Waals surface area contributed by atoms with E-state index in [-0.39, 0.29) is 0 Å². The van der Waals surface area contributed by atoms with Crippen molar-refractivity contribution in [2.24, 2.45) is 0 Å². The van der Waals surface area contributed by atoms with Gasteiger partial charge in [-0.2, -0.15) is 0 Å². The highest BCUT2D eigenvalue weighted by molar-refractivity contribution is 6.83. The van der Waals surface area contributed by atoms with Crippen molar-refractivity contribution < 1.29 is 9.84 Å². The summed E-state index contributed by atoms with van der Waals surface area (Å²) < 4.78 is 5.32. The molecule has 1 N–H and O–H groups in total. The summed E-state index contributed by atoms with van der Waals surface area (Å²) in [4.78, 5) is 0. The van der Waals surface area contributed by atoms with Crippen molar-refractivity contribution in [1.82, 2.24) is 0 Å². The van der Waals surface area contributed by atoms with Crippen molar-refractivity contribution in [2.75, 3.05) is 7.11 Å². The second-order valence-corrected chi connectivity index (χ2v) is 11.2. The molecule has 0 amide bonds. The minimum Gasteiger partial charge on any atom is -0.495 e. The molecule has 122 valence electrons. The molecule has 0 aromatic heterocycles. The summed E-state index contributed by atoms with van der Waals surface area (Å²) in [6.45, 7) is 6.46. The molecule has 0 aliphatic heterocycles. The molecule has 2 aromatic rings. The van der Waals surface area contributed by atoms with Crippen LogP contribution in [0.25, 0.3) is 0 Å². The van der Waals surface area contributed by atoms with Gasteiger partial charge in [0.1, 0.15) is 19.9 Å². The van der Waals surface area contributed by atoms with Gasteiger partial charge in [-0.15, -0.1) is 5.54 Å². The lowest BCUT2D eigenvalue weighted by Crippen LogP contribution is -2.17. The van der Waals surface area contributed by atoms with Crippen LogP contribution in [0.2, 0.25) is 19.6 Å². The maximum Gasteiger partial charge on any atom is 0.140 e. The first kappa shape index (κ1) is 17.9. The smallest absolute Gasteiger partial charge is 0.140 e. The molecule has 0 aliphatic carbocycles. The van der Waals surface area contributed by atoms with Crippen molar-refractivity contribution in [3.8, 4) is 29.1 Å². The zero-order valence-corrected chi connectivity index (χ0v) is 15.6. The van der Waals surface area contributed by atoms with E-state index in [9.17, 15) is 5.11 Å². The Morgan fingerprint density at radius 1 is 0.917 bits per heavy atom. The Morgan fingerprint density at radius 3 is 2.17 bits per heavy atom. The first-order valence-corrected chi connectivity index (χ1v) is 11.4. The minimum absolute atomic E-state index is 0.738. The van der Waals surface area contributed by atoms with Crippen molar-refractivity contribution >= 4 is 8.07 Å². The Morgan fingerprint density at radius 2 is 1.50 bits per heavy atom. The van der Waals surface area contributed by atoms with E-state index in [0.717, 1.165) is 22.4 Å². The van der Waals surface area contributed by atoms with Crippen LogP contribution in [-0.2, 0) is 0 Å². The van der Waals surface area contributed by atoms with Crippen LogP contribution in [0.15, 0.2) is 48.5 Å². The molecule has 2 aromatic carbocycles. The second-order valence-electron chi connectivity index (χ2n) is 6.46. The molecule has 0 bridgehead atoms. The van der Waals surface area contributed by atoms with Crippen LogP contribution in [0.5, 0.6) is 5.75 Å². The molecule has 0 aliphatic rings. The first-order chi connectivity index (χ1) is 11.4. The third kappa shape index (κ3) is 5.03. The number of rotatable bonds is 2. The molecule has 1 unspecified atom stereocenters. The lowest BCUT2D eigenvalue weighted by atomic mass is 10.0. The highest BCUT2D eigenvalue weighted by Gasteiger charge is 2.11. The molecule has 0 saturated carbocycles. The normalized spacial score (nSPS) is 11.5. The van der Waals surface area contributed by atoms with Gasteiger partial charge in [-0.25, -0.2) is 0 Å². The fraction of sp³-hybridized carbons (Fsp3) is 0.238. The SMILES string of the molecule is COc1ccccc1C#Cc1ccccc1C(O)C#C[Si](C)(C)C. The highest BCUT2D eigenvalue weighted by Crippen LogP contribution is 2.19. The fourth-order valence-electron chi connectivity index (χ4n) is 2.09. The monoisotopic (exact) mass is 334 g/mol. The van der Waals surface area contributed by atoms with E-state index < -0.39 is 14.2 Å². The number of benzene rings is 2. The molecule has 2 rings (SSSR count). The summed E-state index contributed by atoms with van der Waals surface area (Å²) in [5.74, 6) is 9.97. The van der Waals surface area contributed by atoms with Crippen molar-refractivity contribution in [3.05, 3.63) is 65.2 Å². The van der Waals surface area contributed by atoms with E-state index in [0.29, 0.717) is 0 Å². The number of ether oxygens (including phenoxy) is 1. The summed E-state index contributed by atoms with van der Waals surface area (Å²) in [5, 5.41) is 10.4. The average molecular weight is 334 g/mol. The molecule has 1 atom stereocenters. The quantitative estimate of drug-likeness (QED) is 0.664. The van der Waals surface area contributed by atoms with Gasteiger partial charge in [0.25, 0.3) is 0 Å². The topological polar surface area (TPSA) is 29.5 Å². The Balaban J connectivity index is 2.37. The van der Waals surface area contributed by atoms with Crippen molar-refractivity contribution in [1.29, 1.82) is 0 Å². The van der Waals surface area contributed by atoms with E-state index in [1.54, 1.807) is 7.11 Å². The Kier molecular flexibility index (Phi) is 5.87. The molecule has 0 saturated heterocycles. The molecule has 0 heterocycles. The number of hydrogen-bond acceptors (Lipinski definition) is 2. The summed E-state index contributed by atoms with van der Waals surface area (Å²) >= 11 is 0. The van der Waals surface area contributed by atoms with Gasteiger partial charge in [0, 0.05) is 11.1 Å². The largest absolute Gasteiger partial charge is 0.495 e. The number of para-hydroxylation sites is 1. The van der Waals surface area contributed by atoms with Crippen LogP contribution in [0.1, 0.15) is 22.8 Å². The number of methoxy groups -OCH3 is 1. The summed E-state index contributed by atoms with van der Waals surface area (Å²) in [6.07, 6.45) is -0.820. The minimum atomic E-state index is -1.53. The van der Waals surface area contributed by atoms with Crippen LogP contribution in [0.4, 0.5) is 0 Å². The van der Waals surface area contributed by atoms with E-state index in [1.807, 2.05) is 48.5 Å². The number of hydrogen-bond donors (Lipinski definition) is 1. The number of aliphatic hydroxyl groups is 1. The van der Waals surface area contributed by atoms with Crippen LogP contribution in [0, 0.1) is 23.3 Å². The first-order valence-electron chi connectivity index (χ1n) is 7.85. The lowest BCUT2D eigenvalue weighted by Gasteiger charge is -2.09. The molecule has 0 radical (unpaired) electrons. The number of aliphatic hydroxyl groups excluding tert-OH is 1. The second kappa shape index (κ2) is 7.88.